The quantitative estimate of drug-likeness (QED) is 0.651. The van der Waals surface area contributed by atoms with Gasteiger partial charge in [-0.25, -0.2) is 4.39 Å². The summed E-state index contributed by atoms with van der Waals surface area (Å²) in [5, 5.41) is 17.9. The molecule has 110 valence electrons. The lowest BCUT2D eigenvalue weighted by atomic mass is 10.2. The van der Waals surface area contributed by atoms with Crippen molar-refractivity contribution in [1.82, 2.24) is 5.32 Å². The van der Waals surface area contributed by atoms with Gasteiger partial charge in [-0.05, 0) is 6.07 Å². The number of rotatable bonds is 4. The fourth-order valence-corrected chi connectivity index (χ4v) is 2.60. The lowest BCUT2D eigenvalue weighted by Crippen LogP contribution is -2.26. The van der Waals surface area contributed by atoms with E-state index in [2.05, 4.69) is 15.5 Å². The third-order valence-corrected chi connectivity index (χ3v) is 3.93. The zero-order valence-electron chi connectivity index (χ0n) is 10.4. The van der Waals surface area contributed by atoms with Gasteiger partial charge in [-0.1, -0.05) is 35.5 Å². The smallest absolute Gasteiger partial charge is 0.305 e. The molecule has 0 aromatic heterocycles. The fourth-order valence-electron chi connectivity index (χ4n) is 1.51. The van der Waals surface area contributed by atoms with Crippen LogP contribution in [0.5, 0.6) is 0 Å². The van der Waals surface area contributed by atoms with Crippen molar-refractivity contribution in [3.8, 4) is 0 Å². The van der Waals surface area contributed by atoms with E-state index in [1.165, 1.54) is 18.3 Å². The first-order chi connectivity index (χ1) is 9.97. The molecule has 0 bridgehead atoms. The molecule has 0 spiro atoms. The summed E-state index contributed by atoms with van der Waals surface area (Å²) in [5.74, 6) is -2.07. The van der Waals surface area contributed by atoms with Crippen LogP contribution in [0.4, 0.5) is 4.39 Å². The maximum absolute atomic E-state index is 13.2. The van der Waals surface area contributed by atoms with Gasteiger partial charge in [0.2, 0.25) is 5.91 Å². The van der Waals surface area contributed by atoms with Crippen LogP contribution in [0.1, 0.15) is 12.0 Å². The number of hydrogen-bond acceptors (Lipinski definition) is 5. The van der Waals surface area contributed by atoms with Crippen molar-refractivity contribution in [1.29, 1.82) is 0 Å². The Balaban J connectivity index is 2.05. The highest BCUT2D eigenvalue weighted by molar-refractivity contribution is 8.15. The van der Waals surface area contributed by atoms with Gasteiger partial charge in [-0.3, -0.25) is 9.59 Å². The monoisotopic (exact) mass is 329 g/mol. The van der Waals surface area contributed by atoms with Gasteiger partial charge in [0.25, 0.3) is 0 Å². The highest BCUT2D eigenvalue weighted by atomic mass is 35.5. The van der Waals surface area contributed by atoms with Crippen molar-refractivity contribution in [3.05, 3.63) is 34.6 Å². The van der Waals surface area contributed by atoms with Crippen molar-refractivity contribution in [2.24, 2.45) is 10.2 Å². The average molecular weight is 330 g/mol. The normalized spacial score (nSPS) is 20.2. The minimum absolute atomic E-state index is 0.0756. The highest BCUT2D eigenvalue weighted by Gasteiger charge is 2.32. The Hall–Kier alpha value is -1.93. The minimum atomic E-state index is -1.07. The molecule has 2 rings (SSSR count). The fraction of sp³-hybridized carbons (Fsp3) is 0.167. The van der Waals surface area contributed by atoms with Crippen LogP contribution in [0.25, 0.3) is 0 Å². The van der Waals surface area contributed by atoms with E-state index in [0.717, 1.165) is 11.8 Å². The summed E-state index contributed by atoms with van der Waals surface area (Å²) in [4.78, 5) is 22.0. The van der Waals surface area contributed by atoms with E-state index < -0.39 is 22.9 Å². The number of nitrogens with one attached hydrogen (secondary N) is 1. The molecular formula is C12H9ClFN3O3S. The molecular weight excluding hydrogens is 321 g/mol. The van der Waals surface area contributed by atoms with Crippen LogP contribution in [-0.4, -0.2) is 33.6 Å². The molecule has 1 unspecified atom stereocenters. The van der Waals surface area contributed by atoms with Crippen LogP contribution in [0.2, 0.25) is 5.02 Å². The molecule has 1 aliphatic heterocycles. The van der Waals surface area contributed by atoms with Crippen molar-refractivity contribution in [3.63, 3.8) is 0 Å². The SMILES string of the molecule is O=C(O)CC1SC(=NN=Cc2cccc(F)c2Cl)NC1=O. The summed E-state index contributed by atoms with van der Waals surface area (Å²) < 4.78 is 13.2. The van der Waals surface area contributed by atoms with Gasteiger partial charge >= 0.3 is 5.97 Å². The molecule has 2 N–H and O–H groups in total. The number of aliphatic carboxylic acids is 1. The van der Waals surface area contributed by atoms with Gasteiger partial charge in [0, 0.05) is 5.56 Å². The Kier molecular flexibility index (Phi) is 4.92. The van der Waals surface area contributed by atoms with E-state index in [0.29, 0.717) is 5.56 Å². The first-order valence-electron chi connectivity index (χ1n) is 5.71. The largest absolute Gasteiger partial charge is 0.481 e. The first kappa shape index (κ1) is 15.5. The summed E-state index contributed by atoms with van der Waals surface area (Å²) in [6.07, 6.45) is 0.949. The molecule has 1 aromatic carbocycles. The van der Waals surface area contributed by atoms with Gasteiger partial charge in [-0.15, -0.1) is 5.10 Å². The number of benzene rings is 1. The Morgan fingerprint density at radius 2 is 2.33 bits per heavy atom. The van der Waals surface area contributed by atoms with Gasteiger partial charge < -0.3 is 10.4 Å². The summed E-state index contributed by atoms with van der Waals surface area (Å²) in [5.41, 5.74) is 0.345. The predicted octanol–water partition coefficient (Wildman–Crippen LogP) is 1.88. The average Bonchev–Trinajstić information content (AvgIpc) is 2.74. The molecule has 0 radical (unpaired) electrons. The molecule has 6 nitrogen and oxygen atoms in total. The predicted molar refractivity (Wildman–Crippen MR) is 78.2 cm³/mol. The van der Waals surface area contributed by atoms with Crippen LogP contribution >= 0.6 is 23.4 Å². The Morgan fingerprint density at radius 1 is 1.57 bits per heavy atom. The summed E-state index contributed by atoms with van der Waals surface area (Å²) in [7, 11) is 0. The maximum Gasteiger partial charge on any atom is 0.305 e. The summed E-state index contributed by atoms with van der Waals surface area (Å²) in [6, 6.07) is 4.25. The van der Waals surface area contributed by atoms with E-state index in [9.17, 15) is 14.0 Å². The number of carboxylic acids is 1. The second kappa shape index (κ2) is 6.68. The van der Waals surface area contributed by atoms with Crippen LogP contribution in [0.3, 0.4) is 0 Å². The van der Waals surface area contributed by atoms with Crippen molar-refractivity contribution < 1.29 is 19.1 Å². The minimum Gasteiger partial charge on any atom is -0.481 e. The molecule has 1 fully saturated rings. The molecule has 1 heterocycles. The van der Waals surface area contributed by atoms with Gasteiger partial charge in [0.15, 0.2) is 5.17 Å². The number of carbonyl (C=O) groups is 2. The van der Waals surface area contributed by atoms with Gasteiger partial charge in [0.1, 0.15) is 11.1 Å². The third kappa shape index (κ3) is 4.02. The van der Waals surface area contributed by atoms with Crippen molar-refractivity contribution in [2.45, 2.75) is 11.7 Å². The second-order valence-electron chi connectivity index (χ2n) is 3.99. The molecule has 1 saturated heterocycles. The van der Waals surface area contributed by atoms with Gasteiger partial charge in [0.05, 0.1) is 17.7 Å². The van der Waals surface area contributed by atoms with E-state index in [1.54, 1.807) is 6.07 Å². The molecule has 1 aliphatic rings. The molecule has 21 heavy (non-hydrogen) atoms. The molecule has 1 aromatic rings. The number of carboxylic acid groups (broad SMARTS) is 1. The maximum atomic E-state index is 13.2. The molecule has 0 saturated carbocycles. The number of carbonyl (C=O) groups excluding carboxylic acids is 1. The first-order valence-corrected chi connectivity index (χ1v) is 6.97. The summed E-state index contributed by atoms with van der Waals surface area (Å²) >= 11 is 6.71. The number of amides is 1. The number of amidine groups is 1. The molecule has 9 heteroatoms. The Morgan fingerprint density at radius 3 is 3.05 bits per heavy atom. The number of thioether (sulfide) groups is 1. The highest BCUT2D eigenvalue weighted by Crippen LogP contribution is 2.22. The van der Waals surface area contributed by atoms with Crippen LogP contribution in [-0.2, 0) is 9.59 Å². The standard InChI is InChI=1S/C12H9ClFN3O3S/c13-10-6(2-1-3-7(10)14)5-15-17-12-16-11(20)8(21-12)4-9(18)19/h1-3,5,8H,4H2,(H,18,19)(H,16,17,20). The van der Waals surface area contributed by atoms with E-state index in [1.807, 2.05) is 0 Å². The lowest BCUT2D eigenvalue weighted by Gasteiger charge is -1.98. The van der Waals surface area contributed by atoms with Crippen LogP contribution in [0, 0.1) is 5.82 Å². The number of halogens is 2. The zero-order valence-corrected chi connectivity index (χ0v) is 12.0. The topological polar surface area (TPSA) is 91.1 Å². The number of nitrogens with zero attached hydrogens (tertiary/aromatic N) is 2. The van der Waals surface area contributed by atoms with Gasteiger partial charge in [-0.2, -0.15) is 5.10 Å². The zero-order chi connectivity index (χ0) is 15.4. The Labute approximate surface area is 128 Å². The van der Waals surface area contributed by atoms with Crippen molar-refractivity contribution in [2.75, 3.05) is 0 Å². The number of hydrogen-bond donors (Lipinski definition) is 2. The summed E-state index contributed by atoms with van der Waals surface area (Å²) in [6.45, 7) is 0. The van der Waals surface area contributed by atoms with E-state index in [4.69, 9.17) is 16.7 Å². The third-order valence-electron chi connectivity index (χ3n) is 2.46. The molecule has 1 amide bonds. The Bertz CT molecular complexity index is 651. The van der Waals surface area contributed by atoms with Crippen LogP contribution in [0.15, 0.2) is 28.4 Å². The molecule has 1 atom stereocenters. The lowest BCUT2D eigenvalue weighted by molar-refractivity contribution is -0.138. The second-order valence-corrected chi connectivity index (χ2v) is 5.56. The molecule has 0 aliphatic carbocycles. The van der Waals surface area contributed by atoms with Crippen LogP contribution < -0.4 is 5.32 Å². The van der Waals surface area contributed by atoms with E-state index in [-0.39, 0.29) is 16.6 Å². The van der Waals surface area contributed by atoms with Crippen molar-refractivity contribution >= 4 is 46.6 Å². The van der Waals surface area contributed by atoms with E-state index >= 15 is 0 Å².